The van der Waals surface area contributed by atoms with Gasteiger partial charge in [0.2, 0.25) is 0 Å². The molecule has 0 aliphatic heterocycles. The SMILES string of the molecule is CC#CCSc1cccc(CNCC(C)C)c1. The van der Waals surface area contributed by atoms with Crippen LogP contribution in [0.25, 0.3) is 0 Å². The van der Waals surface area contributed by atoms with Gasteiger partial charge in [0.15, 0.2) is 0 Å². The van der Waals surface area contributed by atoms with E-state index in [9.17, 15) is 0 Å². The highest BCUT2D eigenvalue weighted by Crippen LogP contribution is 2.18. The first-order valence-corrected chi connectivity index (χ1v) is 7.03. The molecule has 1 aromatic rings. The van der Waals surface area contributed by atoms with E-state index in [4.69, 9.17) is 0 Å². The lowest BCUT2D eigenvalue weighted by Gasteiger charge is -2.08. The Kier molecular flexibility index (Phi) is 6.84. The van der Waals surface area contributed by atoms with E-state index < -0.39 is 0 Å². The van der Waals surface area contributed by atoms with E-state index in [-0.39, 0.29) is 0 Å². The summed E-state index contributed by atoms with van der Waals surface area (Å²) in [7, 11) is 0. The fraction of sp³-hybridized carbons (Fsp3) is 0.467. The van der Waals surface area contributed by atoms with Crippen LogP contribution in [0.5, 0.6) is 0 Å². The number of thioether (sulfide) groups is 1. The van der Waals surface area contributed by atoms with Crippen molar-refractivity contribution in [3.8, 4) is 11.8 Å². The molecule has 1 N–H and O–H groups in total. The summed E-state index contributed by atoms with van der Waals surface area (Å²) in [4.78, 5) is 1.30. The van der Waals surface area contributed by atoms with Gasteiger partial charge in [0.05, 0.1) is 5.75 Å². The van der Waals surface area contributed by atoms with Crippen molar-refractivity contribution in [3.63, 3.8) is 0 Å². The molecule has 0 radical (unpaired) electrons. The third kappa shape index (κ3) is 6.41. The van der Waals surface area contributed by atoms with Crippen LogP contribution in [0.3, 0.4) is 0 Å². The molecule has 92 valence electrons. The monoisotopic (exact) mass is 247 g/mol. The van der Waals surface area contributed by atoms with Gasteiger partial charge in [-0.15, -0.1) is 17.7 Å². The molecule has 0 aliphatic carbocycles. The fourth-order valence-electron chi connectivity index (χ4n) is 1.44. The third-order valence-electron chi connectivity index (χ3n) is 2.27. The molecular formula is C15H21NS. The van der Waals surface area contributed by atoms with Gasteiger partial charge in [-0.3, -0.25) is 0 Å². The van der Waals surface area contributed by atoms with Gasteiger partial charge in [0.1, 0.15) is 0 Å². The molecule has 1 nitrogen and oxygen atoms in total. The molecule has 0 spiro atoms. The van der Waals surface area contributed by atoms with Gasteiger partial charge in [-0.25, -0.2) is 0 Å². The van der Waals surface area contributed by atoms with E-state index in [0.717, 1.165) is 18.8 Å². The Labute approximate surface area is 109 Å². The molecule has 2 heteroatoms. The maximum Gasteiger partial charge on any atom is 0.0594 e. The number of benzene rings is 1. The van der Waals surface area contributed by atoms with Crippen molar-refractivity contribution in [2.75, 3.05) is 12.3 Å². The predicted octanol–water partition coefficient (Wildman–Crippen LogP) is 3.55. The highest BCUT2D eigenvalue weighted by molar-refractivity contribution is 7.99. The van der Waals surface area contributed by atoms with Crippen molar-refractivity contribution in [1.29, 1.82) is 0 Å². The second kappa shape index (κ2) is 8.22. The molecule has 1 aromatic carbocycles. The summed E-state index contributed by atoms with van der Waals surface area (Å²) < 4.78 is 0. The number of rotatable bonds is 6. The summed E-state index contributed by atoms with van der Waals surface area (Å²) in [6.45, 7) is 8.35. The highest BCUT2D eigenvalue weighted by atomic mass is 32.2. The van der Waals surface area contributed by atoms with Crippen molar-refractivity contribution in [1.82, 2.24) is 5.32 Å². The van der Waals surface area contributed by atoms with Crippen molar-refractivity contribution in [2.24, 2.45) is 5.92 Å². The summed E-state index contributed by atoms with van der Waals surface area (Å²) >= 11 is 1.80. The Hall–Kier alpha value is -0.910. The Morgan fingerprint density at radius 3 is 2.88 bits per heavy atom. The van der Waals surface area contributed by atoms with Crippen molar-refractivity contribution >= 4 is 11.8 Å². The average Bonchev–Trinajstić information content (AvgIpc) is 2.29. The predicted molar refractivity (Wildman–Crippen MR) is 77.2 cm³/mol. The summed E-state index contributed by atoms with van der Waals surface area (Å²) in [6, 6.07) is 8.68. The quantitative estimate of drug-likeness (QED) is 0.609. The Morgan fingerprint density at radius 2 is 2.18 bits per heavy atom. The van der Waals surface area contributed by atoms with E-state index in [1.165, 1.54) is 10.5 Å². The van der Waals surface area contributed by atoms with Crippen molar-refractivity contribution in [3.05, 3.63) is 29.8 Å². The molecule has 0 aliphatic rings. The summed E-state index contributed by atoms with van der Waals surface area (Å²) in [6.07, 6.45) is 0. The molecule has 0 amide bonds. The zero-order chi connectivity index (χ0) is 12.5. The first-order chi connectivity index (χ1) is 8.22. The minimum Gasteiger partial charge on any atom is -0.312 e. The summed E-state index contributed by atoms with van der Waals surface area (Å²) in [5, 5.41) is 3.46. The van der Waals surface area contributed by atoms with E-state index in [1.54, 1.807) is 11.8 Å². The first-order valence-electron chi connectivity index (χ1n) is 6.04. The van der Waals surface area contributed by atoms with Crippen molar-refractivity contribution < 1.29 is 0 Å². The molecule has 0 aromatic heterocycles. The highest BCUT2D eigenvalue weighted by Gasteiger charge is 1.97. The van der Waals surface area contributed by atoms with Crippen LogP contribution in [0.2, 0.25) is 0 Å². The third-order valence-corrected chi connectivity index (χ3v) is 3.14. The minimum atomic E-state index is 0.701. The lowest BCUT2D eigenvalue weighted by molar-refractivity contribution is 0.552. The maximum atomic E-state index is 3.46. The van der Waals surface area contributed by atoms with Crippen LogP contribution in [0.1, 0.15) is 26.3 Å². The van der Waals surface area contributed by atoms with E-state index in [1.807, 2.05) is 6.92 Å². The largest absolute Gasteiger partial charge is 0.312 e. The van der Waals surface area contributed by atoms with Crippen LogP contribution in [0.15, 0.2) is 29.2 Å². The van der Waals surface area contributed by atoms with E-state index in [0.29, 0.717) is 5.92 Å². The zero-order valence-corrected chi connectivity index (χ0v) is 11.7. The zero-order valence-electron chi connectivity index (χ0n) is 10.9. The van der Waals surface area contributed by atoms with Gasteiger partial charge in [-0.05, 0) is 37.1 Å². The van der Waals surface area contributed by atoms with Gasteiger partial charge in [-0.2, -0.15) is 0 Å². The van der Waals surface area contributed by atoms with Crippen LogP contribution in [0.4, 0.5) is 0 Å². The normalized spacial score (nSPS) is 10.1. The van der Waals surface area contributed by atoms with Gasteiger partial charge < -0.3 is 5.32 Å². The second-order valence-electron chi connectivity index (χ2n) is 4.39. The Bertz CT molecular complexity index is 387. The first kappa shape index (κ1) is 14.2. The van der Waals surface area contributed by atoms with Gasteiger partial charge in [0.25, 0.3) is 0 Å². The summed E-state index contributed by atoms with van der Waals surface area (Å²) in [5.41, 5.74) is 1.35. The van der Waals surface area contributed by atoms with Crippen LogP contribution in [0, 0.1) is 17.8 Å². The standard InChI is InChI=1S/C15H21NS/c1-4-5-9-17-15-8-6-7-14(10-15)12-16-11-13(2)3/h6-8,10,13,16H,9,11-12H2,1-3H3. The number of nitrogens with one attached hydrogen (secondary N) is 1. The molecular weight excluding hydrogens is 226 g/mol. The van der Waals surface area contributed by atoms with Crippen LogP contribution < -0.4 is 5.32 Å². The van der Waals surface area contributed by atoms with E-state index in [2.05, 4.69) is 55.3 Å². The molecule has 0 saturated carbocycles. The lowest BCUT2D eigenvalue weighted by Crippen LogP contribution is -2.18. The molecule has 0 saturated heterocycles. The topological polar surface area (TPSA) is 12.0 Å². The Morgan fingerprint density at radius 1 is 1.35 bits per heavy atom. The summed E-state index contributed by atoms with van der Waals surface area (Å²) in [5.74, 6) is 7.56. The molecule has 0 atom stereocenters. The molecule has 0 fully saturated rings. The average molecular weight is 247 g/mol. The Balaban J connectivity index is 2.44. The van der Waals surface area contributed by atoms with E-state index >= 15 is 0 Å². The van der Waals surface area contributed by atoms with Crippen LogP contribution >= 0.6 is 11.8 Å². The minimum absolute atomic E-state index is 0.701. The molecule has 0 unspecified atom stereocenters. The van der Waals surface area contributed by atoms with Gasteiger partial charge in [0, 0.05) is 11.4 Å². The van der Waals surface area contributed by atoms with Gasteiger partial charge in [-0.1, -0.05) is 31.9 Å². The molecule has 1 rings (SSSR count). The van der Waals surface area contributed by atoms with Crippen molar-refractivity contribution in [2.45, 2.75) is 32.2 Å². The molecule has 0 heterocycles. The second-order valence-corrected chi connectivity index (χ2v) is 5.44. The van der Waals surface area contributed by atoms with Gasteiger partial charge >= 0.3 is 0 Å². The maximum absolute atomic E-state index is 3.46. The molecule has 0 bridgehead atoms. The smallest absolute Gasteiger partial charge is 0.0594 e. The fourth-order valence-corrected chi connectivity index (χ4v) is 2.23. The van der Waals surface area contributed by atoms with Crippen LogP contribution in [-0.2, 0) is 6.54 Å². The number of hydrogen-bond acceptors (Lipinski definition) is 2. The molecule has 17 heavy (non-hydrogen) atoms. The van der Waals surface area contributed by atoms with Crippen LogP contribution in [-0.4, -0.2) is 12.3 Å². The lowest BCUT2D eigenvalue weighted by atomic mass is 10.2. The number of hydrogen-bond donors (Lipinski definition) is 1.